The van der Waals surface area contributed by atoms with Crippen LogP contribution in [0.5, 0.6) is 5.75 Å². The Kier molecular flexibility index (Phi) is 6.80. The van der Waals surface area contributed by atoms with E-state index in [0.29, 0.717) is 23.3 Å². The van der Waals surface area contributed by atoms with Crippen LogP contribution in [0.25, 0.3) is 5.69 Å². The van der Waals surface area contributed by atoms with Gasteiger partial charge < -0.3 is 9.47 Å². The Morgan fingerprint density at radius 3 is 2.52 bits per heavy atom. The summed E-state index contributed by atoms with van der Waals surface area (Å²) in [7, 11) is 0. The summed E-state index contributed by atoms with van der Waals surface area (Å²) >= 11 is 1.22. The monoisotopic (exact) mass is 414 g/mol. The molecule has 2 aromatic carbocycles. The highest BCUT2D eigenvalue weighted by atomic mass is 32.2. The van der Waals surface area contributed by atoms with Gasteiger partial charge in [-0.3, -0.25) is 19.5 Å². The van der Waals surface area contributed by atoms with Gasteiger partial charge in [0.05, 0.1) is 17.3 Å². The predicted octanol–water partition coefficient (Wildman–Crippen LogP) is 3.41. The lowest BCUT2D eigenvalue weighted by Crippen LogP contribution is -2.09. The second kappa shape index (κ2) is 9.69. The fourth-order valence-electron chi connectivity index (χ4n) is 2.46. The van der Waals surface area contributed by atoms with Crippen LogP contribution < -0.4 is 4.74 Å². The number of nitro groups is 1. The number of benzene rings is 2. The number of para-hydroxylation sites is 1. The van der Waals surface area contributed by atoms with Gasteiger partial charge in [0.2, 0.25) is 0 Å². The lowest BCUT2D eigenvalue weighted by molar-refractivity contribution is -0.384. The van der Waals surface area contributed by atoms with Crippen LogP contribution in [0.4, 0.5) is 5.69 Å². The Morgan fingerprint density at radius 1 is 1.14 bits per heavy atom. The zero-order valence-electron chi connectivity index (χ0n) is 15.6. The Bertz CT molecular complexity index is 976. The third kappa shape index (κ3) is 5.32. The number of carbonyl (C=O) groups excluding carboxylic acids is 1. The van der Waals surface area contributed by atoms with Gasteiger partial charge in [0.1, 0.15) is 12.4 Å². The first-order valence-corrected chi connectivity index (χ1v) is 9.72. The molecule has 29 heavy (non-hydrogen) atoms. The third-order valence-electron chi connectivity index (χ3n) is 3.75. The summed E-state index contributed by atoms with van der Waals surface area (Å²) in [6, 6.07) is 15.3. The zero-order valence-corrected chi connectivity index (χ0v) is 16.4. The highest BCUT2D eigenvalue weighted by Gasteiger charge is 2.17. The first kappa shape index (κ1) is 20.3. The SMILES string of the molecule is CCOC(=O)CSc1nnc(COc2ccc([N+](=O)[O-])cc2)n1-c1ccccc1. The van der Waals surface area contributed by atoms with E-state index in [4.69, 9.17) is 9.47 Å². The fourth-order valence-corrected chi connectivity index (χ4v) is 3.23. The maximum Gasteiger partial charge on any atom is 0.316 e. The molecular weight excluding hydrogens is 396 g/mol. The molecule has 1 aromatic heterocycles. The zero-order chi connectivity index (χ0) is 20.6. The minimum atomic E-state index is -0.469. The average Bonchev–Trinajstić information content (AvgIpc) is 3.14. The summed E-state index contributed by atoms with van der Waals surface area (Å²) < 4.78 is 12.5. The Balaban J connectivity index is 1.78. The van der Waals surface area contributed by atoms with Crippen LogP contribution in [0.1, 0.15) is 12.7 Å². The first-order valence-electron chi connectivity index (χ1n) is 8.74. The minimum Gasteiger partial charge on any atom is -0.486 e. The second-order valence-electron chi connectivity index (χ2n) is 5.70. The number of thioether (sulfide) groups is 1. The summed E-state index contributed by atoms with van der Waals surface area (Å²) in [4.78, 5) is 22.0. The third-order valence-corrected chi connectivity index (χ3v) is 4.66. The van der Waals surface area contributed by atoms with Crippen LogP contribution in [0, 0.1) is 10.1 Å². The Morgan fingerprint density at radius 2 is 1.86 bits per heavy atom. The number of aromatic nitrogens is 3. The number of esters is 1. The van der Waals surface area contributed by atoms with Gasteiger partial charge in [0.25, 0.3) is 5.69 Å². The number of rotatable bonds is 9. The highest BCUT2D eigenvalue weighted by Crippen LogP contribution is 2.24. The smallest absolute Gasteiger partial charge is 0.316 e. The molecule has 0 fully saturated rings. The molecule has 10 heteroatoms. The number of carbonyl (C=O) groups is 1. The van der Waals surface area contributed by atoms with Gasteiger partial charge in [-0.05, 0) is 31.2 Å². The molecule has 0 bridgehead atoms. The molecule has 0 spiro atoms. The highest BCUT2D eigenvalue weighted by molar-refractivity contribution is 7.99. The Labute approximate surface area is 170 Å². The van der Waals surface area contributed by atoms with Gasteiger partial charge in [-0.25, -0.2) is 0 Å². The van der Waals surface area contributed by atoms with E-state index in [1.807, 2.05) is 30.3 Å². The maximum absolute atomic E-state index is 11.7. The Hall–Kier alpha value is -3.40. The molecule has 0 N–H and O–H groups in total. The summed E-state index contributed by atoms with van der Waals surface area (Å²) in [6.45, 7) is 2.17. The summed E-state index contributed by atoms with van der Waals surface area (Å²) in [6.07, 6.45) is 0. The molecule has 0 unspecified atom stereocenters. The summed E-state index contributed by atoms with van der Waals surface area (Å²) in [5, 5.41) is 19.6. The van der Waals surface area contributed by atoms with Crippen molar-refractivity contribution in [2.45, 2.75) is 18.7 Å². The lowest BCUT2D eigenvalue weighted by Gasteiger charge is -2.11. The summed E-state index contributed by atoms with van der Waals surface area (Å²) in [5.41, 5.74) is 0.814. The molecule has 150 valence electrons. The van der Waals surface area contributed by atoms with Crippen molar-refractivity contribution >= 4 is 23.4 Å². The second-order valence-corrected chi connectivity index (χ2v) is 6.65. The fraction of sp³-hybridized carbons (Fsp3) is 0.211. The van der Waals surface area contributed by atoms with E-state index >= 15 is 0 Å². The molecule has 0 amide bonds. The van der Waals surface area contributed by atoms with Crippen LogP contribution in [-0.4, -0.2) is 38.0 Å². The number of hydrogen-bond donors (Lipinski definition) is 0. The van der Waals surface area contributed by atoms with Crippen LogP contribution >= 0.6 is 11.8 Å². The maximum atomic E-state index is 11.7. The van der Waals surface area contributed by atoms with E-state index < -0.39 is 4.92 Å². The molecule has 0 aliphatic carbocycles. The minimum absolute atomic E-state index is 0.0116. The number of nitro benzene ring substituents is 1. The molecule has 3 rings (SSSR count). The number of ether oxygens (including phenoxy) is 2. The molecule has 0 saturated carbocycles. The van der Waals surface area contributed by atoms with Crippen molar-refractivity contribution in [1.29, 1.82) is 0 Å². The van der Waals surface area contributed by atoms with Gasteiger partial charge >= 0.3 is 5.97 Å². The number of non-ortho nitro benzene ring substituents is 1. The van der Waals surface area contributed by atoms with Crippen molar-refractivity contribution in [3.05, 3.63) is 70.5 Å². The van der Waals surface area contributed by atoms with Crippen molar-refractivity contribution in [2.24, 2.45) is 0 Å². The molecule has 0 saturated heterocycles. The average molecular weight is 414 g/mol. The number of hydrogen-bond acceptors (Lipinski definition) is 8. The van der Waals surface area contributed by atoms with E-state index in [2.05, 4.69) is 10.2 Å². The van der Waals surface area contributed by atoms with Gasteiger partial charge in [0, 0.05) is 17.8 Å². The lowest BCUT2D eigenvalue weighted by atomic mass is 10.3. The molecular formula is C19H18N4O5S. The van der Waals surface area contributed by atoms with Crippen molar-refractivity contribution in [2.75, 3.05) is 12.4 Å². The van der Waals surface area contributed by atoms with E-state index in [1.54, 1.807) is 11.5 Å². The predicted molar refractivity (Wildman–Crippen MR) is 106 cm³/mol. The molecule has 0 aliphatic rings. The van der Waals surface area contributed by atoms with Crippen molar-refractivity contribution in [3.63, 3.8) is 0 Å². The number of nitrogens with zero attached hydrogens (tertiary/aromatic N) is 4. The van der Waals surface area contributed by atoms with Crippen LogP contribution in [-0.2, 0) is 16.1 Å². The summed E-state index contributed by atoms with van der Waals surface area (Å²) in [5.74, 6) is 0.783. The standard InChI is InChI=1S/C19H18N4O5S/c1-2-27-18(24)13-29-19-21-20-17(22(19)14-6-4-3-5-7-14)12-28-16-10-8-15(9-11-16)23(25)26/h3-11H,2,12-13H2,1H3. The van der Waals surface area contributed by atoms with E-state index in [-0.39, 0.29) is 24.0 Å². The van der Waals surface area contributed by atoms with Crippen molar-refractivity contribution in [3.8, 4) is 11.4 Å². The van der Waals surface area contributed by atoms with Crippen molar-refractivity contribution < 1.29 is 19.2 Å². The van der Waals surface area contributed by atoms with E-state index in [0.717, 1.165) is 5.69 Å². The molecule has 3 aromatic rings. The molecule has 1 heterocycles. The van der Waals surface area contributed by atoms with Crippen LogP contribution in [0.15, 0.2) is 59.8 Å². The van der Waals surface area contributed by atoms with Gasteiger partial charge in [-0.2, -0.15) is 0 Å². The van der Waals surface area contributed by atoms with Crippen molar-refractivity contribution in [1.82, 2.24) is 14.8 Å². The normalized spacial score (nSPS) is 10.5. The van der Waals surface area contributed by atoms with Gasteiger partial charge in [-0.1, -0.05) is 30.0 Å². The molecule has 9 nitrogen and oxygen atoms in total. The molecule has 0 radical (unpaired) electrons. The van der Waals surface area contributed by atoms with E-state index in [9.17, 15) is 14.9 Å². The molecule has 0 aliphatic heterocycles. The molecule has 0 atom stereocenters. The first-order chi connectivity index (χ1) is 14.1. The topological polar surface area (TPSA) is 109 Å². The van der Waals surface area contributed by atoms with Gasteiger partial charge in [-0.15, -0.1) is 10.2 Å². The largest absolute Gasteiger partial charge is 0.486 e. The quantitative estimate of drug-likeness (QED) is 0.227. The van der Waals surface area contributed by atoms with Crippen LogP contribution in [0.3, 0.4) is 0 Å². The van der Waals surface area contributed by atoms with Crippen LogP contribution in [0.2, 0.25) is 0 Å². The van der Waals surface area contributed by atoms with Gasteiger partial charge in [0.15, 0.2) is 11.0 Å². The van der Waals surface area contributed by atoms with E-state index in [1.165, 1.54) is 36.0 Å².